The SMILES string of the molecule is C[C@H](CC(N)=O)N1CCC(N(Cc2ccsc2)c2ccc(Cl)cc2)CC1. The Hall–Kier alpha value is -1.56. The lowest BCUT2D eigenvalue weighted by Gasteiger charge is -2.41. The number of amides is 1. The maximum absolute atomic E-state index is 11.2. The summed E-state index contributed by atoms with van der Waals surface area (Å²) >= 11 is 7.82. The fourth-order valence-electron chi connectivity index (χ4n) is 3.70. The Morgan fingerprint density at radius 2 is 2.00 bits per heavy atom. The van der Waals surface area contributed by atoms with Gasteiger partial charge in [0.25, 0.3) is 0 Å². The highest BCUT2D eigenvalue weighted by molar-refractivity contribution is 7.07. The van der Waals surface area contributed by atoms with E-state index in [4.69, 9.17) is 17.3 Å². The normalized spacial score (nSPS) is 17.2. The van der Waals surface area contributed by atoms with E-state index in [0.717, 1.165) is 37.5 Å². The second-order valence-corrected chi connectivity index (χ2v) is 8.24. The van der Waals surface area contributed by atoms with Crippen LogP contribution in [-0.4, -0.2) is 36.0 Å². The van der Waals surface area contributed by atoms with Crippen molar-refractivity contribution in [3.8, 4) is 0 Å². The molecule has 1 aliphatic rings. The molecule has 3 rings (SSSR count). The largest absolute Gasteiger partial charge is 0.370 e. The first-order chi connectivity index (χ1) is 12.5. The summed E-state index contributed by atoms with van der Waals surface area (Å²) in [5.74, 6) is -0.222. The Labute approximate surface area is 164 Å². The zero-order valence-electron chi connectivity index (χ0n) is 15.1. The molecule has 1 aromatic carbocycles. The molecule has 1 amide bonds. The van der Waals surface area contributed by atoms with Crippen molar-refractivity contribution in [1.29, 1.82) is 0 Å². The molecule has 0 aliphatic carbocycles. The number of likely N-dealkylation sites (tertiary alicyclic amines) is 1. The summed E-state index contributed by atoms with van der Waals surface area (Å²) in [6.45, 7) is 4.99. The summed E-state index contributed by atoms with van der Waals surface area (Å²) in [6, 6.07) is 11.0. The number of primary amides is 1. The van der Waals surface area contributed by atoms with Crippen LogP contribution in [-0.2, 0) is 11.3 Å². The highest BCUT2D eigenvalue weighted by atomic mass is 35.5. The van der Waals surface area contributed by atoms with Crippen LogP contribution < -0.4 is 10.6 Å². The van der Waals surface area contributed by atoms with Gasteiger partial charge >= 0.3 is 0 Å². The van der Waals surface area contributed by atoms with Gasteiger partial charge in [-0.25, -0.2) is 0 Å². The van der Waals surface area contributed by atoms with Crippen LogP contribution in [0, 0.1) is 0 Å². The molecule has 1 saturated heterocycles. The molecule has 140 valence electrons. The van der Waals surface area contributed by atoms with Crippen LogP contribution in [0.25, 0.3) is 0 Å². The third-order valence-corrected chi connectivity index (χ3v) is 6.14. The summed E-state index contributed by atoms with van der Waals surface area (Å²) in [6.07, 6.45) is 2.59. The van der Waals surface area contributed by atoms with Crippen LogP contribution in [0.15, 0.2) is 41.1 Å². The van der Waals surface area contributed by atoms with E-state index >= 15 is 0 Å². The maximum atomic E-state index is 11.2. The first-order valence-corrected chi connectivity index (χ1v) is 10.4. The van der Waals surface area contributed by atoms with Gasteiger partial charge in [0, 0.05) is 48.8 Å². The average molecular weight is 392 g/mol. The lowest BCUT2D eigenvalue weighted by atomic mass is 9.99. The highest BCUT2D eigenvalue weighted by Gasteiger charge is 2.27. The molecule has 1 atom stereocenters. The predicted octanol–water partition coefficient (Wildman–Crippen LogP) is 4.14. The number of anilines is 1. The molecule has 0 radical (unpaired) electrons. The van der Waals surface area contributed by atoms with Gasteiger partial charge in [0.15, 0.2) is 0 Å². The van der Waals surface area contributed by atoms with Crippen molar-refractivity contribution >= 4 is 34.5 Å². The fourth-order valence-corrected chi connectivity index (χ4v) is 4.49. The van der Waals surface area contributed by atoms with Crippen molar-refractivity contribution in [2.75, 3.05) is 18.0 Å². The molecule has 0 bridgehead atoms. The van der Waals surface area contributed by atoms with E-state index in [-0.39, 0.29) is 11.9 Å². The van der Waals surface area contributed by atoms with Gasteiger partial charge in [0.05, 0.1) is 0 Å². The Balaban J connectivity index is 1.69. The summed E-state index contributed by atoms with van der Waals surface area (Å²) in [7, 11) is 0. The number of thiophene rings is 1. The zero-order valence-corrected chi connectivity index (χ0v) is 16.7. The van der Waals surface area contributed by atoms with Crippen molar-refractivity contribution in [2.45, 2.75) is 44.8 Å². The number of hydrogen-bond acceptors (Lipinski definition) is 4. The minimum absolute atomic E-state index is 0.217. The fraction of sp³-hybridized carbons (Fsp3) is 0.450. The molecule has 6 heteroatoms. The molecule has 0 unspecified atom stereocenters. The first kappa shape index (κ1) is 19.2. The standard InChI is InChI=1S/C20H26ClN3OS/c1-15(12-20(22)25)23-9-6-19(7-10-23)24(13-16-8-11-26-14-16)18-4-2-17(21)3-5-18/h2-5,8,11,14-15,19H,6-7,9-10,12-13H2,1H3,(H2,22,25)/t15-/m1/s1. The maximum Gasteiger partial charge on any atom is 0.218 e. The van der Waals surface area contributed by atoms with Gasteiger partial charge in [-0.15, -0.1) is 0 Å². The van der Waals surface area contributed by atoms with E-state index in [9.17, 15) is 4.79 Å². The van der Waals surface area contributed by atoms with Gasteiger partial charge in [-0.3, -0.25) is 9.69 Å². The number of carbonyl (C=O) groups is 1. The van der Waals surface area contributed by atoms with E-state index in [1.165, 1.54) is 11.3 Å². The molecular weight excluding hydrogens is 366 g/mol. The third kappa shape index (κ3) is 5.00. The van der Waals surface area contributed by atoms with E-state index in [1.807, 2.05) is 12.1 Å². The lowest BCUT2D eigenvalue weighted by Crippen LogP contribution is -2.48. The number of halogens is 1. The Morgan fingerprint density at radius 1 is 1.31 bits per heavy atom. The van der Waals surface area contributed by atoms with E-state index in [1.54, 1.807) is 11.3 Å². The van der Waals surface area contributed by atoms with Crippen molar-refractivity contribution in [2.24, 2.45) is 5.73 Å². The van der Waals surface area contributed by atoms with E-state index in [2.05, 4.69) is 45.7 Å². The number of nitrogens with zero attached hydrogens (tertiary/aromatic N) is 2. The van der Waals surface area contributed by atoms with Crippen LogP contribution in [0.2, 0.25) is 5.02 Å². The topological polar surface area (TPSA) is 49.6 Å². The van der Waals surface area contributed by atoms with Gasteiger partial charge in [-0.05, 0) is 66.4 Å². The summed E-state index contributed by atoms with van der Waals surface area (Å²) in [5, 5.41) is 5.11. The van der Waals surface area contributed by atoms with Gasteiger partial charge < -0.3 is 10.6 Å². The second kappa shape index (κ2) is 8.89. The van der Waals surface area contributed by atoms with Gasteiger partial charge in [-0.1, -0.05) is 11.6 Å². The van der Waals surface area contributed by atoms with Gasteiger partial charge in [0.2, 0.25) is 5.91 Å². The van der Waals surface area contributed by atoms with Crippen LogP contribution in [0.1, 0.15) is 31.7 Å². The smallest absolute Gasteiger partial charge is 0.218 e. The number of piperidine rings is 1. The lowest BCUT2D eigenvalue weighted by molar-refractivity contribution is -0.119. The third-order valence-electron chi connectivity index (χ3n) is 5.15. The minimum Gasteiger partial charge on any atom is -0.370 e. The summed E-state index contributed by atoms with van der Waals surface area (Å²) in [5.41, 5.74) is 7.91. The molecule has 4 nitrogen and oxygen atoms in total. The number of nitrogens with two attached hydrogens (primary N) is 1. The van der Waals surface area contributed by atoms with Crippen molar-refractivity contribution in [3.05, 3.63) is 51.7 Å². The molecule has 1 aromatic heterocycles. The molecular formula is C20H26ClN3OS. The molecule has 0 saturated carbocycles. The number of carbonyl (C=O) groups excluding carboxylic acids is 1. The summed E-state index contributed by atoms with van der Waals surface area (Å²) in [4.78, 5) is 16.1. The molecule has 26 heavy (non-hydrogen) atoms. The van der Waals surface area contributed by atoms with Crippen LogP contribution >= 0.6 is 22.9 Å². The number of hydrogen-bond donors (Lipinski definition) is 1. The van der Waals surface area contributed by atoms with E-state index in [0.29, 0.717) is 12.5 Å². The van der Waals surface area contributed by atoms with Gasteiger partial charge in [-0.2, -0.15) is 11.3 Å². The van der Waals surface area contributed by atoms with Crippen molar-refractivity contribution in [3.63, 3.8) is 0 Å². The van der Waals surface area contributed by atoms with Crippen LogP contribution in [0.5, 0.6) is 0 Å². The van der Waals surface area contributed by atoms with Crippen LogP contribution in [0.3, 0.4) is 0 Å². The number of rotatable bonds is 7. The Bertz CT molecular complexity index is 696. The van der Waals surface area contributed by atoms with Crippen molar-refractivity contribution in [1.82, 2.24) is 4.90 Å². The van der Waals surface area contributed by atoms with Crippen molar-refractivity contribution < 1.29 is 4.79 Å². The molecule has 0 spiro atoms. The summed E-state index contributed by atoms with van der Waals surface area (Å²) < 4.78 is 0. The predicted molar refractivity (Wildman–Crippen MR) is 110 cm³/mol. The van der Waals surface area contributed by atoms with Crippen LogP contribution in [0.4, 0.5) is 5.69 Å². The minimum atomic E-state index is -0.222. The average Bonchev–Trinajstić information content (AvgIpc) is 3.13. The molecule has 1 aliphatic heterocycles. The molecule has 2 heterocycles. The van der Waals surface area contributed by atoms with E-state index < -0.39 is 0 Å². The highest BCUT2D eigenvalue weighted by Crippen LogP contribution is 2.28. The Kier molecular flexibility index (Phi) is 6.57. The van der Waals surface area contributed by atoms with Gasteiger partial charge in [0.1, 0.15) is 0 Å². The monoisotopic (exact) mass is 391 g/mol. The zero-order chi connectivity index (χ0) is 18.5. The number of benzene rings is 1. The molecule has 2 aromatic rings. The quantitative estimate of drug-likeness (QED) is 0.771. The molecule has 2 N–H and O–H groups in total. The molecule has 1 fully saturated rings. The second-order valence-electron chi connectivity index (χ2n) is 7.02. The first-order valence-electron chi connectivity index (χ1n) is 9.08. The Morgan fingerprint density at radius 3 is 2.58 bits per heavy atom.